The lowest BCUT2D eigenvalue weighted by Crippen LogP contribution is -2.05. The molecule has 2 N–H and O–H groups in total. The summed E-state index contributed by atoms with van der Waals surface area (Å²) in [5, 5.41) is 13.8. The van der Waals surface area contributed by atoms with E-state index in [1.54, 1.807) is 22.2 Å². The van der Waals surface area contributed by atoms with Crippen molar-refractivity contribution < 1.29 is 4.52 Å². The van der Waals surface area contributed by atoms with Crippen molar-refractivity contribution in [3.63, 3.8) is 0 Å². The van der Waals surface area contributed by atoms with Crippen LogP contribution in [0.3, 0.4) is 0 Å². The molecule has 0 saturated heterocycles. The van der Waals surface area contributed by atoms with Crippen molar-refractivity contribution >= 4 is 11.3 Å². The van der Waals surface area contributed by atoms with Gasteiger partial charge in [0.2, 0.25) is 11.7 Å². The summed E-state index contributed by atoms with van der Waals surface area (Å²) in [6, 6.07) is 3.75. The molecule has 19 heavy (non-hydrogen) atoms. The SMILES string of the molecule is CC(N)c1cn(Cc2nc(-c3cccs3)no2)nn1. The van der Waals surface area contributed by atoms with E-state index in [2.05, 4.69) is 20.5 Å². The van der Waals surface area contributed by atoms with Crippen LogP contribution in [0.15, 0.2) is 28.2 Å². The van der Waals surface area contributed by atoms with Crippen molar-refractivity contribution in [2.45, 2.75) is 19.5 Å². The van der Waals surface area contributed by atoms with Gasteiger partial charge in [0.1, 0.15) is 6.54 Å². The van der Waals surface area contributed by atoms with Crippen LogP contribution in [0.5, 0.6) is 0 Å². The Bertz CT molecular complexity index is 656. The predicted molar refractivity (Wildman–Crippen MR) is 69.3 cm³/mol. The summed E-state index contributed by atoms with van der Waals surface area (Å²) in [6.07, 6.45) is 1.78. The van der Waals surface area contributed by atoms with Gasteiger partial charge in [0, 0.05) is 6.04 Å². The molecule has 0 spiro atoms. The van der Waals surface area contributed by atoms with Crippen LogP contribution in [-0.2, 0) is 6.54 Å². The van der Waals surface area contributed by atoms with Crippen LogP contribution >= 0.6 is 11.3 Å². The van der Waals surface area contributed by atoms with Gasteiger partial charge in [-0.2, -0.15) is 4.98 Å². The first-order chi connectivity index (χ1) is 9.22. The van der Waals surface area contributed by atoms with Gasteiger partial charge in [-0.15, -0.1) is 16.4 Å². The summed E-state index contributed by atoms with van der Waals surface area (Å²) in [5.41, 5.74) is 6.46. The molecular weight excluding hydrogens is 264 g/mol. The average molecular weight is 276 g/mol. The summed E-state index contributed by atoms with van der Waals surface area (Å²) in [5.74, 6) is 1.09. The molecule has 0 saturated carbocycles. The third-order valence-electron chi connectivity index (χ3n) is 2.53. The Kier molecular flexibility index (Phi) is 3.10. The molecule has 7 nitrogen and oxygen atoms in total. The maximum Gasteiger partial charge on any atom is 0.248 e. The Labute approximate surface area is 113 Å². The van der Waals surface area contributed by atoms with Crippen LogP contribution in [0.2, 0.25) is 0 Å². The molecule has 0 radical (unpaired) electrons. The molecule has 0 aliphatic carbocycles. The lowest BCUT2D eigenvalue weighted by atomic mass is 10.3. The van der Waals surface area contributed by atoms with E-state index in [0.717, 1.165) is 10.6 Å². The first kappa shape index (κ1) is 12.0. The van der Waals surface area contributed by atoms with Crippen LogP contribution < -0.4 is 5.73 Å². The first-order valence-corrected chi connectivity index (χ1v) is 6.62. The van der Waals surface area contributed by atoms with Crippen molar-refractivity contribution in [1.82, 2.24) is 25.1 Å². The van der Waals surface area contributed by atoms with Gasteiger partial charge in [0.15, 0.2) is 0 Å². The minimum absolute atomic E-state index is 0.141. The fourth-order valence-corrected chi connectivity index (χ4v) is 2.21. The minimum atomic E-state index is -0.141. The highest BCUT2D eigenvalue weighted by Crippen LogP contribution is 2.21. The highest BCUT2D eigenvalue weighted by Gasteiger charge is 2.11. The smallest absolute Gasteiger partial charge is 0.248 e. The van der Waals surface area contributed by atoms with Gasteiger partial charge in [-0.1, -0.05) is 16.4 Å². The average Bonchev–Trinajstić information content (AvgIpc) is 3.09. The Morgan fingerprint density at radius 1 is 1.53 bits per heavy atom. The molecule has 0 fully saturated rings. The van der Waals surface area contributed by atoms with Gasteiger partial charge in [-0.25, -0.2) is 4.68 Å². The minimum Gasteiger partial charge on any atom is -0.337 e. The van der Waals surface area contributed by atoms with E-state index >= 15 is 0 Å². The zero-order valence-corrected chi connectivity index (χ0v) is 11.0. The van der Waals surface area contributed by atoms with Crippen molar-refractivity contribution in [2.75, 3.05) is 0 Å². The number of hydrogen-bond donors (Lipinski definition) is 1. The number of nitrogens with zero attached hydrogens (tertiary/aromatic N) is 5. The van der Waals surface area contributed by atoms with Crippen LogP contribution in [0.4, 0.5) is 0 Å². The molecule has 3 heterocycles. The van der Waals surface area contributed by atoms with Gasteiger partial charge in [-0.3, -0.25) is 0 Å². The summed E-state index contributed by atoms with van der Waals surface area (Å²) < 4.78 is 6.82. The van der Waals surface area contributed by atoms with Crippen molar-refractivity contribution in [2.24, 2.45) is 5.73 Å². The van der Waals surface area contributed by atoms with E-state index in [4.69, 9.17) is 10.3 Å². The zero-order valence-electron chi connectivity index (χ0n) is 10.2. The molecule has 8 heteroatoms. The number of aromatic nitrogens is 5. The monoisotopic (exact) mass is 276 g/mol. The van der Waals surface area contributed by atoms with Crippen LogP contribution in [0.1, 0.15) is 24.6 Å². The fourth-order valence-electron chi connectivity index (χ4n) is 1.56. The fraction of sp³-hybridized carbons (Fsp3) is 0.273. The van der Waals surface area contributed by atoms with Gasteiger partial charge in [0.05, 0.1) is 16.8 Å². The number of hydrogen-bond acceptors (Lipinski definition) is 7. The summed E-state index contributed by atoms with van der Waals surface area (Å²) >= 11 is 1.57. The molecule has 0 amide bonds. The highest BCUT2D eigenvalue weighted by atomic mass is 32.1. The van der Waals surface area contributed by atoms with Crippen molar-refractivity contribution in [3.05, 3.63) is 35.3 Å². The molecule has 3 aromatic rings. The third kappa shape index (κ3) is 2.54. The van der Waals surface area contributed by atoms with Crippen LogP contribution in [0.25, 0.3) is 10.7 Å². The Morgan fingerprint density at radius 3 is 3.11 bits per heavy atom. The second-order valence-electron chi connectivity index (χ2n) is 4.12. The summed E-state index contributed by atoms with van der Waals surface area (Å²) in [6.45, 7) is 2.24. The molecule has 1 unspecified atom stereocenters. The van der Waals surface area contributed by atoms with E-state index in [0.29, 0.717) is 18.3 Å². The van der Waals surface area contributed by atoms with E-state index in [1.807, 2.05) is 24.4 Å². The Morgan fingerprint density at radius 2 is 2.42 bits per heavy atom. The number of nitrogens with two attached hydrogens (primary N) is 1. The first-order valence-electron chi connectivity index (χ1n) is 5.74. The van der Waals surface area contributed by atoms with Crippen molar-refractivity contribution in [3.8, 4) is 10.7 Å². The molecule has 0 bridgehead atoms. The second-order valence-corrected chi connectivity index (χ2v) is 5.07. The van der Waals surface area contributed by atoms with E-state index in [9.17, 15) is 0 Å². The second kappa shape index (κ2) is 4.90. The van der Waals surface area contributed by atoms with Gasteiger partial charge in [0.25, 0.3) is 0 Å². The van der Waals surface area contributed by atoms with Crippen LogP contribution in [0, 0.1) is 0 Å². The highest BCUT2D eigenvalue weighted by molar-refractivity contribution is 7.13. The molecule has 3 rings (SSSR count). The Hall–Kier alpha value is -2.06. The van der Waals surface area contributed by atoms with Gasteiger partial charge in [-0.05, 0) is 18.4 Å². The van der Waals surface area contributed by atoms with Gasteiger partial charge >= 0.3 is 0 Å². The van der Waals surface area contributed by atoms with Crippen LogP contribution in [-0.4, -0.2) is 25.1 Å². The Balaban J connectivity index is 1.76. The third-order valence-corrected chi connectivity index (χ3v) is 3.40. The zero-order chi connectivity index (χ0) is 13.2. The normalized spacial score (nSPS) is 12.7. The standard InChI is InChI=1S/C11H12N6OS/c1-7(12)8-5-17(16-14-8)6-10-13-11(15-18-10)9-3-2-4-19-9/h2-5,7H,6,12H2,1H3. The number of rotatable bonds is 4. The topological polar surface area (TPSA) is 95.7 Å². The molecule has 0 aliphatic heterocycles. The molecular formula is C11H12N6OS. The molecule has 0 aliphatic rings. The maximum atomic E-state index is 5.72. The molecule has 3 aromatic heterocycles. The summed E-state index contributed by atoms with van der Waals surface area (Å²) in [7, 11) is 0. The van der Waals surface area contributed by atoms with E-state index in [-0.39, 0.29) is 6.04 Å². The van der Waals surface area contributed by atoms with E-state index < -0.39 is 0 Å². The van der Waals surface area contributed by atoms with Gasteiger partial charge < -0.3 is 10.3 Å². The molecule has 1 atom stereocenters. The van der Waals surface area contributed by atoms with Crippen molar-refractivity contribution in [1.29, 1.82) is 0 Å². The maximum absolute atomic E-state index is 5.72. The largest absolute Gasteiger partial charge is 0.337 e. The lowest BCUT2D eigenvalue weighted by molar-refractivity contribution is 0.364. The quantitative estimate of drug-likeness (QED) is 0.775. The molecule has 0 aromatic carbocycles. The van der Waals surface area contributed by atoms with E-state index in [1.165, 1.54) is 0 Å². The number of thiophene rings is 1. The summed E-state index contributed by atoms with van der Waals surface area (Å²) in [4.78, 5) is 5.29. The lowest BCUT2D eigenvalue weighted by Gasteiger charge is -1.95. The predicted octanol–water partition coefficient (Wildman–Crippen LogP) is 1.46. The molecule has 98 valence electrons.